The summed E-state index contributed by atoms with van der Waals surface area (Å²) in [5.41, 5.74) is 3.04. The van der Waals surface area contributed by atoms with Gasteiger partial charge in [-0.15, -0.1) is 0 Å². The Hall–Kier alpha value is -2.89. The molecule has 1 aromatic heterocycles. The lowest BCUT2D eigenvalue weighted by atomic mass is 9.81. The Morgan fingerprint density at radius 2 is 1.89 bits per heavy atom. The van der Waals surface area contributed by atoms with Crippen LogP contribution in [-0.4, -0.2) is 30.5 Å². The molecule has 0 saturated heterocycles. The highest BCUT2D eigenvalue weighted by Gasteiger charge is 2.46. The SMILES string of the molecule is CC(=O)N(C)c1ccc(NC(=O)N2CC3(CCCC3)c3ccccc32)cn1. The number of urea groups is 1. The molecule has 2 aliphatic rings. The van der Waals surface area contributed by atoms with E-state index in [2.05, 4.69) is 22.4 Å². The maximum Gasteiger partial charge on any atom is 0.326 e. The molecule has 6 heteroatoms. The average Bonchev–Trinajstić information content (AvgIpc) is 3.28. The van der Waals surface area contributed by atoms with Crippen molar-refractivity contribution in [1.29, 1.82) is 0 Å². The number of fused-ring (bicyclic) bond motifs is 2. The number of benzene rings is 1. The molecule has 1 N–H and O–H groups in total. The van der Waals surface area contributed by atoms with Crippen molar-refractivity contribution >= 4 is 29.1 Å². The van der Waals surface area contributed by atoms with Crippen LogP contribution < -0.4 is 15.1 Å². The Balaban J connectivity index is 1.53. The third-order valence-corrected chi connectivity index (χ3v) is 5.85. The highest BCUT2D eigenvalue weighted by molar-refractivity contribution is 6.03. The molecule has 1 saturated carbocycles. The van der Waals surface area contributed by atoms with Gasteiger partial charge in [-0.2, -0.15) is 0 Å². The van der Waals surface area contributed by atoms with E-state index in [-0.39, 0.29) is 17.4 Å². The molecule has 4 rings (SSSR count). The number of hydrogen-bond donors (Lipinski definition) is 1. The van der Waals surface area contributed by atoms with Gasteiger partial charge in [-0.25, -0.2) is 9.78 Å². The van der Waals surface area contributed by atoms with Crippen molar-refractivity contribution in [3.05, 3.63) is 48.2 Å². The second-order valence-electron chi connectivity index (χ2n) is 7.50. The van der Waals surface area contributed by atoms with Crippen LogP contribution in [0.15, 0.2) is 42.6 Å². The van der Waals surface area contributed by atoms with Crippen LogP contribution in [0.3, 0.4) is 0 Å². The first-order chi connectivity index (χ1) is 13.0. The fraction of sp³-hybridized carbons (Fsp3) is 0.381. The number of pyridine rings is 1. The zero-order valence-corrected chi connectivity index (χ0v) is 15.7. The lowest BCUT2D eigenvalue weighted by molar-refractivity contribution is -0.116. The first kappa shape index (κ1) is 17.5. The number of amides is 3. The minimum Gasteiger partial charge on any atom is -0.306 e. The summed E-state index contributed by atoms with van der Waals surface area (Å²) in [5, 5.41) is 2.95. The zero-order chi connectivity index (χ0) is 19.0. The molecule has 1 aliphatic heterocycles. The number of nitrogens with one attached hydrogen (secondary N) is 1. The zero-order valence-electron chi connectivity index (χ0n) is 15.7. The highest BCUT2D eigenvalue weighted by Crippen LogP contribution is 2.50. The number of aromatic nitrogens is 1. The number of nitrogens with zero attached hydrogens (tertiary/aromatic N) is 3. The van der Waals surface area contributed by atoms with Gasteiger partial charge in [0.25, 0.3) is 0 Å². The summed E-state index contributed by atoms with van der Waals surface area (Å²) in [4.78, 5) is 32.0. The molecule has 2 heterocycles. The molecule has 1 spiro atoms. The molecule has 6 nitrogen and oxygen atoms in total. The number of rotatable bonds is 2. The van der Waals surface area contributed by atoms with Crippen LogP contribution in [0.4, 0.5) is 22.0 Å². The van der Waals surface area contributed by atoms with E-state index in [0.717, 1.165) is 25.1 Å². The Labute approximate surface area is 159 Å². The van der Waals surface area contributed by atoms with E-state index in [9.17, 15) is 9.59 Å². The normalized spacial score (nSPS) is 17.0. The fourth-order valence-corrected chi connectivity index (χ4v) is 4.30. The Morgan fingerprint density at radius 1 is 1.15 bits per heavy atom. The third-order valence-electron chi connectivity index (χ3n) is 5.85. The maximum absolute atomic E-state index is 13.0. The molecular weight excluding hydrogens is 340 g/mol. The summed E-state index contributed by atoms with van der Waals surface area (Å²) in [6.07, 6.45) is 6.31. The van der Waals surface area contributed by atoms with E-state index in [1.54, 1.807) is 25.4 Å². The molecule has 0 bridgehead atoms. The summed E-state index contributed by atoms with van der Waals surface area (Å²) in [5.74, 6) is 0.465. The largest absolute Gasteiger partial charge is 0.326 e. The lowest BCUT2D eigenvalue weighted by Crippen LogP contribution is -2.38. The van der Waals surface area contributed by atoms with Gasteiger partial charge in [-0.05, 0) is 36.6 Å². The summed E-state index contributed by atoms with van der Waals surface area (Å²) < 4.78 is 0. The molecule has 3 amide bonds. The van der Waals surface area contributed by atoms with E-state index in [4.69, 9.17) is 0 Å². The summed E-state index contributed by atoms with van der Waals surface area (Å²) >= 11 is 0. The summed E-state index contributed by atoms with van der Waals surface area (Å²) in [6, 6.07) is 11.6. The maximum atomic E-state index is 13.0. The van der Waals surface area contributed by atoms with Gasteiger partial charge in [0.05, 0.1) is 11.9 Å². The minimum absolute atomic E-state index is 0.0881. The van der Waals surface area contributed by atoms with Crippen LogP contribution in [0.1, 0.15) is 38.2 Å². The van der Waals surface area contributed by atoms with Gasteiger partial charge in [-0.3, -0.25) is 9.69 Å². The quantitative estimate of drug-likeness (QED) is 0.878. The lowest BCUT2D eigenvalue weighted by Gasteiger charge is -2.24. The second kappa shape index (κ2) is 6.68. The topological polar surface area (TPSA) is 65.5 Å². The minimum atomic E-state index is -0.138. The number of anilines is 3. The Bertz CT molecular complexity index is 872. The van der Waals surface area contributed by atoms with Gasteiger partial charge in [0, 0.05) is 31.6 Å². The molecule has 1 aliphatic carbocycles. The van der Waals surface area contributed by atoms with Gasteiger partial charge in [-0.1, -0.05) is 31.0 Å². The standard InChI is InChI=1S/C21H24N4O2/c1-15(26)24(2)19-10-9-16(13-22-19)23-20(27)25-14-21(11-5-6-12-21)17-7-3-4-8-18(17)25/h3-4,7-10,13H,5-6,11-12,14H2,1-2H3,(H,23,27). The van der Waals surface area contributed by atoms with Gasteiger partial charge < -0.3 is 10.2 Å². The van der Waals surface area contributed by atoms with Crippen molar-refractivity contribution in [3.8, 4) is 0 Å². The predicted octanol–water partition coefficient (Wildman–Crippen LogP) is 3.93. The van der Waals surface area contributed by atoms with Crippen LogP contribution in [0.5, 0.6) is 0 Å². The van der Waals surface area contributed by atoms with Crippen LogP contribution in [0.25, 0.3) is 0 Å². The van der Waals surface area contributed by atoms with Crippen molar-refractivity contribution in [2.45, 2.75) is 38.0 Å². The van der Waals surface area contributed by atoms with Crippen LogP contribution >= 0.6 is 0 Å². The number of hydrogen-bond acceptors (Lipinski definition) is 3. The van der Waals surface area contributed by atoms with Crippen LogP contribution in [0, 0.1) is 0 Å². The third kappa shape index (κ3) is 3.05. The van der Waals surface area contributed by atoms with Gasteiger partial charge >= 0.3 is 6.03 Å². The molecule has 0 unspecified atom stereocenters. The molecule has 0 atom stereocenters. The highest BCUT2D eigenvalue weighted by atomic mass is 16.2. The molecule has 27 heavy (non-hydrogen) atoms. The van der Waals surface area contributed by atoms with Gasteiger partial charge in [0.15, 0.2) is 0 Å². The first-order valence-corrected chi connectivity index (χ1v) is 9.39. The van der Waals surface area contributed by atoms with Crippen molar-refractivity contribution < 1.29 is 9.59 Å². The van der Waals surface area contributed by atoms with E-state index >= 15 is 0 Å². The monoisotopic (exact) mass is 364 g/mol. The van der Waals surface area contributed by atoms with Crippen LogP contribution in [-0.2, 0) is 10.2 Å². The van der Waals surface area contributed by atoms with E-state index in [1.807, 2.05) is 17.0 Å². The molecule has 2 aromatic rings. The number of para-hydroxylation sites is 1. The fourth-order valence-electron chi connectivity index (χ4n) is 4.30. The van der Waals surface area contributed by atoms with E-state index in [1.165, 1.54) is 30.2 Å². The molecule has 1 aromatic carbocycles. The predicted molar refractivity (Wildman–Crippen MR) is 106 cm³/mol. The van der Waals surface area contributed by atoms with E-state index in [0.29, 0.717) is 11.5 Å². The van der Waals surface area contributed by atoms with Gasteiger partial charge in [0.1, 0.15) is 5.82 Å². The second-order valence-corrected chi connectivity index (χ2v) is 7.50. The number of carbonyl (C=O) groups is 2. The van der Waals surface area contributed by atoms with E-state index < -0.39 is 0 Å². The van der Waals surface area contributed by atoms with Crippen molar-refractivity contribution in [1.82, 2.24) is 4.98 Å². The van der Waals surface area contributed by atoms with Crippen molar-refractivity contribution in [3.63, 3.8) is 0 Å². The van der Waals surface area contributed by atoms with Crippen LogP contribution in [0.2, 0.25) is 0 Å². The Morgan fingerprint density at radius 3 is 2.56 bits per heavy atom. The Kier molecular flexibility index (Phi) is 4.34. The summed E-state index contributed by atoms with van der Waals surface area (Å²) in [7, 11) is 1.67. The molecule has 0 radical (unpaired) electrons. The number of carbonyl (C=O) groups excluding carboxylic acids is 2. The molecular formula is C21H24N4O2. The van der Waals surface area contributed by atoms with Crippen molar-refractivity contribution in [2.75, 3.05) is 28.7 Å². The first-order valence-electron chi connectivity index (χ1n) is 9.39. The van der Waals surface area contributed by atoms with Crippen molar-refractivity contribution in [2.24, 2.45) is 0 Å². The molecule has 1 fully saturated rings. The average molecular weight is 364 g/mol. The molecule has 140 valence electrons. The van der Waals surface area contributed by atoms with Gasteiger partial charge in [0.2, 0.25) is 5.91 Å². The smallest absolute Gasteiger partial charge is 0.306 e. The summed E-state index contributed by atoms with van der Waals surface area (Å²) in [6.45, 7) is 2.22.